The fourth-order valence-electron chi connectivity index (χ4n) is 0.839. The summed E-state index contributed by atoms with van der Waals surface area (Å²) in [4.78, 5) is 0. The van der Waals surface area contributed by atoms with Crippen LogP contribution in [0.4, 0.5) is 0 Å². The summed E-state index contributed by atoms with van der Waals surface area (Å²) in [5.41, 5.74) is 6.31. The lowest BCUT2D eigenvalue weighted by molar-refractivity contribution is 0.890. The second-order valence-corrected chi connectivity index (χ2v) is 2.77. The molecule has 1 atom stereocenters. The van der Waals surface area contributed by atoms with Crippen molar-refractivity contribution in [2.24, 2.45) is 5.73 Å². The lowest BCUT2D eigenvalue weighted by atomic mass is 10.2. The molecular weight excluding hydrogens is 181 g/mol. The third kappa shape index (κ3) is 4.25. The van der Waals surface area contributed by atoms with E-state index in [1.807, 2.05) is 30.3 Å². The highest BCUT2D eigenvalue weighted by atomic mass is 35.5. The molecule has 0 amide bonds. The molecule has 0 aliphatic heterocycles. The van der Waals surface area contributed by atoms with Gasteiger partial charge in [0.2, 0.25) is 0 Å². The molecule has 0 aromatic heterocycles. The van der Waals surface area contributed by atoms with E-state index in [2.05, 4.69) is 0 Å². The van der Waals surface area contributed by atoms with E-state index in [1.165, 1.54) is 5.56 Å². The monoisotopic (exact) mass is 191 g/mol. The Labute approximate surface area is 78.0 Å². The highest BCUT2D eigenvalue weighted by Crippen LogP contribution is 2.02. The molecular formula is C8H11Cl2N. The second-order valence-electron chi connectivity index (χ2n) is 2.21. The molecule has 0 saturated heterocycles. The Morgan fingerprint density at radius 1 is 1.27 bits per heavy atom. The van der Waals surface area contributed by atoms with Crippen molar-refractivity contribution >= 4 is 24.0 Å². The number of alkyl halides is 1. The molecule has 0 aliphatic rings. The third-order valence-electron chi connectivity index (χ3n) is 1.27. The van der Waals surface area contributed by atoms with Gasteiger partial charge in [-0.25, -0.2) is 0 Å². The maximum absolute atomic E-state index is 5.59. The number of hydrogen-bond donors (Lipinski definition) is 1. The van der Waals surface area contributed by atoms with Crippen molar-refractivity contribution in [1.29, 1.82) is 0 Å². The normalized spacial score (nSPS) is 11.8. The Bertz CT molecular complexity index is 187. The summed E-state index contributed by atoms with van der Waals surface area (Å²) in [6.45, 7) is 0. The van der Waals surface area contributed by atoms with Crippen molar-refractivity contribution in [3.8, 4) is 0 Å². The first-order valence-electron chi connectivity index (χ1n) is 3.22. The molecule has 2 N–H and O–H groups in total. The van der Waals surface area contributed by atoms with Gasteiger partial charge in [0, 0.05) is 6.42 Å². The summed E-state index contributed by atoms with van der Waals surface area (Å²) in [5.74, 6) is 0. The van der Waals surface area contributed by atoms with Gasteiger partial charge in [0.05, 0.1) is 5.50 Å². The lowest BCUT2D eigenvalue weighted by Crippen LogP contribution is -2.14. The van der Waals surface area contributed by atoms with E-state index in [4.69, 9.17) is 17.3 Å². The largest absolute Gasteiger partial charge is 0.315 e. The molecule has 1 unspecified atom stereocenters. The van der Waals surface area contributed by atoms with Crippen LogP contribution in [-0.4, -0.2) is 5.50 Å². The Hall–Kier alpha value is -0.240. The van der Waals surface area contributed by atoms with Gasteiger partial charge in [-0.2, -0.15) is 0 Å². The average molecular weight is 192 g/mol. The average Bonchev–Trinajstić information content (AvgIpc) is 1.88. The molecule has 1 aromatic rings. The fraction of sp³-hybridized carbons (Fsp3) is 0.250. The summed E-state index contributed by atoms with van der Waals surface area (Å²) in [6.07, 6.45) is 0.738. The summed E-state index contributed by atoms with van der Waals surface area (Å²) in [5, 5.41) is 0. The van der Waals surface area contributed by atoms with Gasteiger partial charge >= 0.3 is 0 Å². The standard InChI is InChI=1S/C8H10ClN.ClH/c9-8(10)6-7-4-2-1-3-5-7;/h1-5,8H,6,10H2;1H. The van der Waals surface area contributed by atoms with Gasteiger partial charge in [0.15, 0.2) is 0 Å². The van der Waals surface area contributed by atoms with Gasteiger partial charge < -0.3 is 5.73 Å². The van der Waals surface area contributed by atoms with Crippen LogP contribution in [0.15, 0.2) is 30.3 Å². The smallest absolute Gasteiger partial charge is 0.0841 e. The van der Waals surface area contributed by atoms with Crippen LogP contribution in [0.2, 0.25) is 0 Å². The van der Waals surface area contributed by atoms with Crippen LogP contribution in [0.3, 0.4) is 0 Å². The summed E-state index contributed by atoms with van der Waals surface area (Å²) in [6, 6.07) is 9.97. The van der Waals surface area contributed by atoms with E-state index in [0.717, 1.165) is 6.42 Å². The zero-order valence-electron chi connectivity index (χ0n) is 6.03. The predicted molar refractivity (Wildman–Crippen MR) is 51.2 cm³/mol. The minimum absolute atomic E-state index is 0. The predicted octanol–water partition coefficient (Wildman–Crippen LogP) is 2.17. The van der Waals surface area contributed by atoms with E-state index in [1.54, 1.807) is 0 Å². The number of nitrogens with two attached hydrogens (primary N) is 1. The van der Waals surface area contributed by atoms with E-state index >= 15 is 0 Å². The van der Waals surface area contributed by atoms with Crippen LogP contribution in [0.5, 0.6) is 0 Å². The summed E-state index contributed by atoms with van der Waals surface area (Å²) >= 11 is 5.59. The van der Waals surface area contributed by atoms with E-state index in [-0.39, 0.29) is 17.9 Å². The summed E-state index contributed by atoms with van der Waals surface area (Å²) < 4.78 is 0. The van der Waals surface area contributed by atoms with Crippen LogP contribution < -0.4 is 5.73 Å². The first-order chi connectivity index (χ1) is 4.79. The molecule has 3 heteroatoms. The molecule has 62 valence electrons. The van der Waals surface area contributed by atoms with Gasteiger partial charge in [-0.05, 0) is 5.56 Å². The van der Waals surface area contributed by atoms with Crippen molar-refractivity contribution in [2.45, 2.75) is 11.9 Å². The molecule has 1 aromatic carbocycles. The Kier molecular flexibility index (Phi) is 5.30. The van der Waals surface area contributed by atoms with Gasteiger partial charge in [-0.1, -0.05) is 30.3 Å². The molecule has 1 nitrogen and oxygen atoms in total. The van der Waals surface area contributed by atoms with Gasteiger partial charge in [-0.3, -0.25) is 0 Å². The van der Waals surface area contributed by atoms with Gasteiger partial charge in [-0.15, -0.1) is 24.0 Å². The molecule has 0 heterocycles. The van der Waals surface area contributed by atoms with E-state index in [9.17, 15) is 0 Å². The third-order valence-corrected chi connectivity index (χ3v) is 1.43. The zero-order chi connectivity index (χ0) is 7.40. The number of hydrogen-bond acceptors (Lipinski definition) is 1. The quantitative estimate of drug-likeness (QED) is 0.564. The van der Waals surface area contributed by atoms with Crippen LogP contribution >= 0.6 is 24.0 Å². The first kappa shape index (κ1) is 10.8. The number of rotatable bonds is 2. The molecule has 0 fully saturated rings. The van der Waals surface area contributed by atoms with Crippen LogP contribution in [-0.2, 0) is 6.42 Å². The molecule has 0 spiro atoms. The van der Waals surface area contributed by atoms with Gasteiger partial charge in [0.1, 0.15) is 0 Å². The van der Waals surface area contributed by atoms with Crippen molar-refractivity contribution < 1.29 is 0 Å². The van der Waals surface area contributed by atoms with Gasteiger partial charge in [0.25, 0.3) is 0 Å². The van der Waals surface area contributed by atoms with Crippen LogP contribution in [0.25, 0.3) is 0 Å². The highest BCUT2D eigenvalue weighted by Gasteiger charge is 1.96. The lowest BCUT2D eigenvalue weighted by Gasteiger charge is -2.01. The number of benzene rings is 1. The molecule has 0 bridgehead atoms. The Balaban J connectivity index is 0.000001000. The van der Waals surface area contributed by atoms with E-state index < -0.39 is 0 Å². The fourth-order valence-corrected chi connectivity index (χ4v) is 1.02. The molecule has 0 saturated carbocycles. The number of halogens is 2. The summed E-state index contributed by atoms with van der Waals surface area (Å²) in [7, 11) is 0. The van der Waals surface area contributed by atoms with Crippen molar-refractivity contribution in [1.82, 2.24) is 0 Å². The first-order valence-corrected chi connectivity index (χ1v) is 3.66. The Morgan fingerprint density at radius 3 is 2.27 bits per heavy atom. The zero-order valence-corrected chi connectivity index (χ0v) is 7.61. The topological polar surface area (TPSA) is 26.0 Å². The maximum atomic E-state index is 5.59. The SMILES string of the molecule is Cl.NC(Cl)Cc1ccccc1. The highest BCUT2D eigenvalue weighted by molar-refractivity contribution is 6.20. The van der Waals surface area contributed by atoms with E-state index in [0.29, 0.717) is 0 Å². The second kappa shape index (κ2) is 5.42. The van der Waals surface area contributed by atoms with Crippen molar-refractivity contribution in [2.75, 3.05) is 0 Å². The molecule has 0 radical (unpaired) electrons. The van der Waals surface area contributed by atoms with Crippen molar-refractivity contribution in [3.63, 3.8) is 0 Å². The van der Waals surface area contributed by atoms with Crippen molar-refractivity contribution in [3.05, 3.63) is 35.9 Å². The molecule has 1 rings (SSSR count). The minimum Gasteiger partial charge on any atom is -0.315 e. The minimum atomic E-state index is -0.262. The molecule has 0 aliphatic carbocycles. The Morgan fingerprint density at radius 2 is 1.82 bits per heavy atom. The molecule has 11 heavy (non-hydrogen) atoms. The van der Waals surface area contributed by atoms with Crippen LogP contribution in [0, 0.1) is 0 Å². The maximum Gasteiger partial charge on any atom is 0.0841 e. The van der Waals surface area contributed by atoms with Crippen LogP contribution in [0.1, 0.15) is 5.56 Å².